The molecule has 1 rings (SSSR count). The Labute approximate surface area is 83.1 Å². The van der Waals surface area contributed by atoms with Crippen LogP contribution in [0.3, 0.4) is 0 Å². The maximum Gasteiger partial charge on any atom is 0.255 e. The van der Waals surface area contributed by atoms with Crippen LogP contribution in [0.1, 0.15) is 12.5 Å². The molecule has 14 heavy (non-hydrogen) atoms. The van der Waals surface area contributed by atoms with Crippen LogP contribution >= 0.6 is 0 Å². The van der Waals surface area contributed by atoms with Crippen molar-refractivity contribution in [2.24, 2.45) is 5.14 Å². The Bertz CT molecular complexity index is 409. The van der Waals surface area contributed by atoms with Crippen molar-refractivity contribution in [2.75, 3.05) is 7.05 Å². The lowest BCUT2D eigenvalue weighted by Crippen LogP contribution is -2.20. The first-order valence-electron chi connectivity index (χ1n) is 4.22. The number of nitrogens with two attached hydrogens (primary N) is 1. The van der Waals surface area contributed by atoms with E-state index in [0.29, 0.717) is 18.7 Å². The number of aryl methyl sites for hydroxylation is 1. The summed E-state index contributed by atoms with van der Waals surface area (Å²) in [4.78, 5) is 0. The highest BCUT2D eigenvalue weighted by Crippen LogP contribution is 2.13. The van der Waals surface area contributed by atoms with E-state index in [-0.39, 0.29) is 5.03 Å². The van der Waals surface area contributed by atoms with E-state index in [0.717, 1.165) is 0 Å². The molecular weight excluding hydrogens is 204 g/mol. The van der Waals surface area contributed by atoms with Crippen molar-refractivity contribution < 1.29 is 8.42 Å². The Morgan fingerprint density at radius 2 is 2.29 bits per heavy atom. The van der Waals surface area contributed by atoms with Crippen LogP contribution in [-0.2, 0) is 23.1 Å². The minimum atomic E-state index is -3.69. The number of aromatic nitrogens is 2. The van der Waals surface area contributed by atoms with Crippen molar-refractivity contribution in [3.63, 3.8) is 0 Å². The largest absolute Gasteiger partial charge is 0.316 e. The second-order valence-electron chi connectivity index (χ2n) is 2.87. The van der Waals surface area contributed by atoms with Crippen molar-refractivity contribution in [3.05, 3.63) is 11.8 Å². The molecule has 80 valence electrons. The van der Waals surface area contributed by atoms with Crippen molar-refractivity contribution in [1.29, 1.82) is 0 Å². The molecular formula is C7H14N4O2S. The molecule has 0 saturated carbocycles. The first-order chi connectivity index (χ1) is 6.50. The van der Waals surface area contributed by atoms with Crippen LogP contribution in [0.25, 0.3) is 0 Å². The molecule has 0 aliphatic heterocycles. The summed E-state index contributed by atoms with van der Waals surface area (Å²) < 4.78 is 23.9. The molecule has 0 bridgehead atoms. The lowest BCUT2D eigenvalue weighted by atomic mass is 10.4. The quantitative estimate of drug-likeness (QED) is 0.697. The molecule has 0 unspecified atom stereocenters. The Morgan fingerprint density at radius 3 is 2.71 bits per heavy atom. The molecule has 0 atom stereocenters. The zero-order chi connectivity index (χ0) is 10.8. The molecule has 1 heterocycles. The van der Waals surface area contributed by atoms with Gasteiger partial charge in [0.1, 0.15) is 0 Å². The van der Waals surface area contributed by atoms with Crippen LogP contribution in [0.2, 0.25) is 0 Å². The average molecular weight is 218 g/mol. The minimum Gasteiger partial charge on any atom is -0.316 e. The number of nitrogens with zero attached hydrogens (tertiary/aromatic N) is 2. The zero-order valence-corrected chi connectivity index (χ0v) is 9.00. The number of nitrogens with one attached hydrogen (secondary N) is 1. The summed E-state index contributed by atoms with van der Waals surface area (Å²) in [7, 11) is -1.96. The summed E-state index contributed by atoms with van der Waals surface area (Å²) in [6, 6.07) is 0. The van der Waals surface area contributed by atoms with Gasteiger partial charge in [0.2, 0.25) is 0 Å². The Morgan fingerprint density at radius 1 is 1.64 bits per heavy atom. The van der Waals surface area contributed by atoms with E-state index in [4.69, 9.17) is 5.14 Å². The number of rotatable bonds is 4. The molecule has 6 nitrogen and oxygen atoms in total. The van der Waals surface area contributed by atoms with Gasteiger partial charge in [-0.1, -0.05) is 0 Å². The molecule has 0 fully saturated rings. The van der Waals surface area contributed by atoms with Gasteiger partial charge < -0.3 is 5.32 Å². The van der Waals surface area contributed by atoms with E-state index in [1.165, 1.54) is 10.9 Å². The van der Waals surface area contributed by atoms with Crippen LogP contribution in [-0.4, -0.2) is 25.2 Å². The fourth-order valence-electron chi connectivity index (χ4n) is 1.28. The normalized spacial score (nSPS) is 11.9. The van der Waals surface area contributed by atoms with Gasteiger partial charge in [-0.3, -0.25) is 4.68 Å². The van der Waals surface area contributed by atoms with Gasteiger partial charge in [0.05, 0.1) is 6.20 Å². The zero-order valence-electron chi connectivity index (χ0n) is 8.19. The molecule has 0 aromatic carbocycles. The van der Waals surface area contributed by atoms with Gasteiger partial charge >= 0.3 is 0 Å². The van der Waals surface area contributed by atoms with Crippen LogP contribution in [0, 0.1) is 0 Å². The Balaban J connectivity index is 3.27. The summed E-state index contributed by atoms with van der Waals surface area (Å²) in [5.74, 6) is 0. The van der Waals surface area contributed by atoms with Crippen molar-refractivity contribution in [1.82, 2.24) is 15.1 Å². The third kappa shape index (κ3) is 2.11. The molecule has 1 aromatic rings. The summed E-state index contributed by atoms with van der Waals surface area (Å²) in [5.41, 5.74) is 0.594. The molecule has 0 aliphatic carbocycles. The highest BCUT2D eigenvalue weighted by Gasteiger charge is 2.19. The smallest absolute Gasteiger partial charge is 0.255 e. The van der Waals surface area contributed by atoms with E-state index in [1.807, 2.05) is 6.92 Å². The first-order valence-corrected chi connectivity index (χ1v) is 5.77. The lowest BCUT2D eigenvalue weighted by molar-refractivity contribution is 0.551. The number of sulfonamides is 1. The molecule has 0 spiro atoms. The molecule has 3 N–H and O–H groups in total. The molecule has 7 heteroatoms. The predicted octanol–water partition coefficient (Wildman–Crippen LogP) is -0.730. The molecule has 0 saturated heterocycles. The predicted molar refractivity (Wildman–Crippen MR) is 52.0 cm³/mol. The standard InChI is InChI=1S/C7H14N4O2S/c1-3-11-7(14(8,12)13)6(4-9-2)5-10-11/h5,9H,3-4H2,1-2H3,(H2,8,12,13). The summed E-state index contributed by atoms with van der Waals surface area (Å²) in [6.45, 7) is 2.73. The summed E-state index contributed by atoms with van der Waals surface area (Å²) in [6.07, 6.45) is 1.51. The maximum absolute atomic E-state index is 11.3. The topological polar surface area (TPSA) is 90.0 Å². The highest BCUT2D eigenvalue weighted by atomic mass is 32.2. The van der Waals surface area contributed by atoms with Crippen LogP contribution in [0.4, 0.5) is 0 Å². The van der Waals surface area contributed by atoms with E-state index in [2.05, 4.69) is 10.4 Å². The van der Waals surface area contributed by atoms with Crippen molar-refractivity contribution in [2.45, 2.75) is 25.0 Å². The van der Waals surface area contributed by atoms with Gasteiger partial charge in [0.25, 0.3) is 10.0 Å². The Hall–Kier alpha value is -0.920. The summed E-state index contributed by atoms with van der Waals surface area (Å²) in [5, 5.41) is 12.0. The fourth-order valence-corrected chi connectivity index (χ4v) is 2.24. The molecule has 0 aliphatic rings. The van der Waals surface area contributed by atoms with Crippen LogP contribution < -0.4 is 10.5 Å². The van der Waals surface area contributed by atoms with E-state index in [9.17, 15) is 8.42 Å². The van der Waals surface area contributed by atoms with Crippen LogP contribution in [0.5, 0.6) is 0 Å². The highest BCUT2D eigenvalue weighted by molar-refractivity contribution is 7.89. The number of primary sulfonamides is 1. The van der Waals surface area contributed by atoms with Gasteiger partial charge in [0.15, 0.2) is 5.03 Å². The van der Waals surface area contributed by atoms with Gasteiger partial charge in [0, 0.05) is 18.7 Å². The number of hydrogen-bond acceptors (Lipinski definition) is 4. The van der Waals surface area contributed by atoms with E-state index >= 15 is 0 Å². The van der Waals surface area contributed by atoms with Gasteiger partial charge in [-0.25, -0.2) is 13.6 Å². The SMILES string of the molecule is CCn1ncc(CNC)c1S(N)(=O)=O. The molecule has 0 amide bonds. The minimum absolute atomic E-state index is 0.0920. The van der Waals surface area contributed by atoms with Crippen molar-refractivity contribution in [3.8, 4) is 0 Å². The van der Waals surface area contributed by atoms with E-state index in [1.54, 1.807) is 7.05 Å². The second-order valence-corrected chi connectivity index (χ2v) is 4.34. The second kappa shape index (κ2) is 4.07. The van der Waals surface area contributed by atoms with Crippen LogP contribution in [0.15, 0.2) is 11.2 Å². The monoisotopic (exact) mass is 218 g/mol. The molecule has 0 radical (unpaired) electrons. The summed E-state index contributed by atoms with van der Waals surface area (Å²) >= 11 is 0. The van der Waals surface area contributed by atoms with Gasteiger partial charge in [-0.15, -0.1) is 0 Å². The van der Waals surface area contributed by atoms with Gasteiger partial charge in [-0.05, 0) is 14.0 Å². The first kappa shape index (κ1) is 11.2. The van der Waals surface area contributed by atoms with Gasteiger partial charge in [-0.2, -0.15) is 5.10 Å². The fraction of sp³-hybridized carbons (Fsp3) is 0.571. The lowest BCUT2D eigenvalue weighted by Gasteiger charge is -2.04. The van der Waals surface area contributed by atoms with Crippen molar-refractivity contribution >= 4 is 10.0 Å². The Kier molecular flexibility index (Phi) is 3.25. The number of hydrogen-bond donors (Lipinski definition) is 2. The maximum atomic E-state index is 11.3. The third-order valence-corrected chi connectivity index (χ3v) is 2.81. The van der Waals surface area contributed by atoms with E-state index < -0.39 is 10.0 Å². The third-order valence-electron chi connectivity index (χ3n) is 1.80. The average Bonchev–Trinajstić information content (AvgIpc) is 2.47. The molecule has 1 aromatic heterocycles.